The van der Waals surface area contributed by atoms with Crippen LogP contribution in [0.5, 0.6) is 11.6 Å². The van der Waals surface area contributed by atoms with Crippen LogP contribution in [0.3, 0.4) is 0 Å². The van der Waals surface area contributed by atoms with Gasteiger partial charge < -0.3 is 9.84 Å². The summed E-state index contributed by atoms with van der Waals surface area (Å²) < 4.78 is 59.5. The van der Waals surface area contributed by atoms with Gasteiger partial charge in [-0.15, -0.1) is 10.2 Å². The van der Waals surface area contributed by atoms with Gasteiger partial charge in [0.15, 0.2) is 5.82 Å². The van der Waals surface area contributed by atoms with E-state index in [0.717, 1.165) is 12.5 Å². The maximum Gasteiger partial charge on any atom is 0.326 e. The zero-order valence-electron chi connectivity index (χ0n) is 14.8. The molecule has 2 aromatic rings. The van der Waals surface area contributed by atoms with Crippen LogP contribution in [0.15, 0.2) is 12.1 Å². The molecule has 11 nitrogen and oxygen atoms in total. The average molecular weight is 445 g/mol. The lowest BCUT2D eigenvalue weighted by Crippen LogP contribution is -2.30. The number of hydrogen-bond donors (Lipinski definition) is 3. The Bertz CT molecular complexity index is 1110. The lowest BCUT2D eigenvalue weighted by molar-refractivity contribution is -0.117. The third-order valence-electron chi connectivity index (χ3n) is 4.68. The molecule has 2 aliphatic rings. The second kappa shape index (κ2) is 7.35. The molecule has 0 spiro atoms. The number of nitrogens with one attached hydrogen (secondary N) is 1. The van der Waals surface area contributed by atoms with E-state index in [1.54, 1.807) is 9.03 Å². The molecule has 1 aromatic heterocycles. The number of aromatic nitrogens is 2. The number of carbonyl (C=O) groups excluding carboxylic acids is 1. The van der Waals surface area contributed by atoms with Crippen molar-refractivity contribution in [2.24, 2.45) is 5.92 Å². The highest BCUT2D eigenvalue weighted by molar-refractivity contribution is 7.92. The van der Waals surface area contributed by atoms with Gasteiger partial charge in [0.25, 0.3) is 5.91 Å². The number of thiol groups is 1. The summed E-state index contributed by atoms with van der Waals surface area (Å²) in [5.74, 6) is -2.47. The molecule has 2 fully saturated rings. The number of hydrogen-bond acceptors (Lipinski definition) is 8. The number of ether oxygens (including phenoxy) is 1. The van der Waals surface area contributed by atoms with Crippen molar-refractivity contribution in [1.29, 1.82) is 0 Å². The second-order valence-electron chi connectivity index (χ2n) is 6.67. The Morgan fingerprint density at radius 2 is 2.17 bits per heavy atom. The SMILES string of the molecule is O=[SH]N1CCC(COc2cc3c(F)c(N4CC(=O)NS4(=O)=O)c(O)cc3nn2)C1. The molecule has 0 aliphatic carbocycles. The van der Waals surface area contributed by atoms with Gasteiger partial charge in [0.05, 0.1) is 18.5 Å². The van der Waals surface area contributed by atoms with Crippen LogP contribution in [-0.2, 0) is 26.9 Å². The summed E-state index contributed by atoms with van der Waals surface area (Å²) in [5, 5.41) is 17.6. The maximum atomic E-state index is 15.1. The Kier molecular flexibility index (Phi) is 5.00. The monoisotopic (exact) mass is 445 g/mol. The lowest BCUT2D eigenvalue weighted by Gasteiger charge is -2.18. The average Bonchev–Trinajstić information content (AvgIpc) is 3.23. The summed E-state index contributed by atoms with van der Waals surface area (Å²) in [5.41, 5.74) is -0.667. The molecule has 156 valence electrons. The molecule has 0 radical (unpaired) electrons. The summed E-state index contributed by atoms with van der Waals surface area (Å²) in [7, 11) is -4.31. The van der Waals surface area contributed by atoms with Crippen molar-refractivity contribution in [3.63, 3.8) is 0 Å². The van der Waals surface area contributed by atoms with Crippen LogP contribution in [0.1, 0.15) is 6.42 Å². The zero-order valence-corrected chi connectivity index (χ0v) is 16.5. The number of phenolic OH excluding ortho intramolecular Hbond substituents is 1. The smallest absolute Gasteiger partial charge is 0.326 e. The number of benzene rings is 1. The van der Waals surface area contributed by atoms with Crippen LogP contribution in [0.2, 0.25) is 0 Å². The largest absolute Gasteiger partial charge is 0.506 e. The van der Waals surface area contributed by atoms with Crippen molar-refractivity contribution in [2.45, 2.75) is 6.42 Å². The highest BCUT2D eigenvalue weighted by Crippen LogP contribution is 2.38. The summed E-state index contributed by atoms with van der Waals surface area (Å²) >= 11 is -0.0447. The van der Waals surface area contributed by atoms with Crippen molar-refractivity contribution in [2.75, 3.05) is 30.5 Å². The first kappa shape index (κ1) is 19.7. The Hall–Kier alpha value is -2.58. The van der Waals surface area contributed by atoms with E-state index in [4.69, 9.17) is 4.74 Å². The lowest BCUT2D eigenvalue weighted by atomic mass is 10.1. The molecular formula is C15H16FN5O6S2. The molecule has 1 amide bonds. The van der Waals surface area contributed by atoms with Gasteiger partial charge in [-0.05, 0) is 6.42 Å². The number of amides is 1. The molecule has 0 saturated carbocycles. The minimum Gasteiger partial charge on any atom is -0.506 e. The quantitative estimate of drug-likeness (QED) is 0.509. The summed E-state index contributed by atoms with van der Waals surface area (Å²) in [4.78, 5) is 11.4. The number of nitrogens with zero attached hydrogens (tertiary/aromatic N) is 4. The predicted octanol–water partition coefficient (Wildman–Crippen LogP) is -0.784. The normalized spacial score (nSPS) is 21.6. The van der Waals surface area contributed by atoms with Crippen molar-refractivity contribution < 1.29 is 31.7 Å². The molecule has 3 heterocycles. The zero-order chi connectivity index (χ0) is 20.8. The van der Waals surface area contributed by atoms with E-state index < -0.39 is 39.9 Å². The van der Waals surface area contributed by atoms with Crippen LogP contribution < -0.4 is 13.8 Å². The number of fused-ring (bicyclic) bond motifs is 1. The Balaban J connectivity index is 1.64. The molecule has 1 atom stereocenters. The summed E-state index contributed by atoms with van der Waals surface area (Å²) in [6.45, 7) is 0.873. The standard InChI is InChI=1S/C15H16FN5O6S2/c16-14-9-3-13(27-7-8-1-2-20(5-8)28-24)18-17-10(9)4-11(22)15(14)21-6-12(23)19-29(21,25)26/h3-4,8,22,28H,1-2,5-7H2,(H,19,23). The van der Waals surface area contributed by atoms with Gasteiger partial charge in [-0.3, -0.25) is 4.79 Å². The van der Waals surface area contributed by atoms with E-state index in [1.807, 2.05) is 0 Å². The van der Waals surface area contributed by atoms with E-state index >= 15 is 4.39 Å². The maximum absolute atomic E-state index is 15.1. The molecule has 29 heavy (non-hydrogen) atoms. The molecule has 14 heteroatoms. The van der Waals surface area contributed by atoms with E-state index in [-0.39, 0.29) is 41.2 Å². The predicted molar refractivity (Wildman–Crippen MR) is 100 cm³/mol. The molecular weight excluding hydrogens is 429 g/mol. The number of anilines is 1. The van der Waals surface area contributed by atoms with Crippen LogP contribution in [0, 0.1) is 11.7 Å². The minimum atomic E-state index is -4.31. The number of halogens is 1. The van der Waals surface area contributed by atoms with E-state index in [9.17, 15) is 22.5 Å². The van der Waals surface area contributed by atoms with E-state index in [0.29, 0.717) is 17.4 Å². The fraction of sp³-hybridized carbons (Fsp3) is 0.400. The summed E-state index contributed by atoms with van der Waals surface area (Å²) in [6.07, 6.45) is 0.788. The van der Waals surface area contributed by atoms with Gasteiger partial charge in [0.2, 0.25) is 5.88 Å². The Morgan fingerprint density at radius 3 is 2.83 bits per heavy atom. The van der Waals surface area contributed by atoms with Crippen molar-refractivity contribution in [3.8, 4) is 11.6 Å². The van der Waals surface area contributed by atoms with Crippen LogP contribution in [-0.4, -0.2) is 64.4 Å². The summed E-state index contributed by atoms with van der Waals surface area (Å²) in [6, 6.07) is 2.31. The molecule has 1 aromatic carbocycles. The van der Waals surface area contributed by atoms with Crippen LogP contribution >= 0.6 is 0 Å². The van der Waals surface area contributed by atoms with Gasteiger partial charge in [-0.25, -0.2) is 21.9 Å². The number of carbonyl (C=O) groups is 1. The van der Waals surface area contributed by atoms with Crippen LogP contribution in [0.25, 0.3) is 10.9 Å². The fourth-order valence-corrected chi connectivity index (χ4v) is 4.94. The van der Waals surface area contributed by atoms with Crippen molar-refractivity contribution in [3.05, 3.63) is 17.9 Å². The van der Waals surface area contributed by atoms with Gasteiger partial charge in [-0.1, -0.05) is 0 Å². The second-order valence-corrected chi connectivity index (χ2v) is 8.99. The van der Waals surface area contributed by atoms with E-state index in [2.05, 4.69) is 10.2 Å². The van der Waals surface area contributed by atoms with Crippen molar-refractivity contribution >= 4 is 44.6 Å². The van der Waals surface area contributed by atoms with Crippen molar-refractivity contribution in [1.82, 2.24) is 19.2 Å². The number of rotatable bonds is 5. The third kappa shape index (κ3) is 3.70. The molecule has 4 rings (SSSR count). The van der Waals surface area contributed by atoms with Gasteiger partial charge in [0.1, 0.15) is 23.5 Å². The first-order chi connectivity index (χ1) is 13.8. The first-order valence-electron chi connectivity index (χ1n) is 8.51. The topological polar surface area (TPSA) is 142 Å². The molecule has 2 N–H and O–H groups in total. The van der Waals surface area contributed by atoms with Crippen LogP contribution in [0.4, 0.5) is 10.1 Å². The van der Waals surface area contributed by atoms with Gasteiger partial charge in [-0.2, -0.15) is 8.42 Å². The highest BCUT2D eigenvalue weighted by atomic mass is 32.2. The highest BCUT2D eigenvalue weighted by Gasteiger charge is 2.38. The van der Waals surface area contributed by atoms with E-state index in [1.165, 1.54) is 6.07 Å². The minimum absolute atomic E-state index is 0.0100. The fourth-order valence-electron chi connectivity index (χ4n) is 3.28. The number of aromatic hydroxyl groups is 1. The Labute approximate surface area is 168 Å². The Morgan fingerprint density at radius 1 is 1.38 bits per heavy atom. The molecule has 1 unspecified atom stereocenters. The number of phenols is 1. The van der Waals surface area contributed by atoms with Gasteiger partial charge >= 0.3 is 10.2 Å². The molecule has 2 aliphatic heterocycles. The third-order valence-corrected chi connectivity index (χ3v) is 6.65. The van der Waals surface area contributed by atoms with Gasteiger partial charge in [0, 0.05) is 36.5 Å². The molecule has 0 bridgehead atoms. The molecule has 2 saturated heterocycles. The first-order valence-corrected chi connectivity index (χ1v) is 10.7.